The third-order valence-electron chi connectivity index (χ3n) is 5.03. The molecule has 0 saturated carbocycles. The molecule has 136 valence electrons. The lowest BCUT2D eigenvalue weighted by Crippen LogP contribution is -2.40. The molecule has 0 aliphatic carbocycles. The monoisotopic (exact) mass is 353 g/mol. The van der Waals surface area contributed by atoms with Crippen molar-refractivity contribution in [3.8, 4) is 11.5 Å². The summed E-state index contributed by atoms with van der Waals surface area (Å²) in [7, 11) is 0. The van der Waals surface area contributed by atoms with Gasteiger partial charge in [-0.15, -0.1) is 0 Å². The molecule has 1 fully saturated rings. The Balaban J connectivity index is 1.60. The molecule has 2 aromatic rings. The first kappa shape index (κ1) is 16.9. The van der Waals surface area contributed by atoms with E-state index < -0.39 is 0 Å². The molecule has 2 aliphatic heterocycles. The average molecular weight is 353 g/mol. The van der Waals surface area contributed by atoms with E-state index in [9.17, 15) is 4.79 Å². The Hall–Kier alpha value is -2.53. The Kier molecular flexibility index (Phi) is 4.80. The highest BCUT2D eigenvalue weighted by Gasteiger charge is 2.31. The molecule has 5 heteroatoms. The summed E-state index contributed by atoms with van der Waals surface area (Å²) in [6.45, 7) is 3.48. The Morgan fingerprint density at radius 2 is 1.96 bits per heavy atom. The molecule has 2 aromatic carbocycles. The largest absolute Gasteiger partial charge is 0.454 e. The summed E-state index contributed by atoms with van der Waals surface area (Å²) in [6, 6.07) is 15.9. The minimum absolute atomic E-state index is 0.0432. The molecule has 26 heavy (non-hydrogen) atoms. The van der Waals surface area contributed by atoms with Gasteiger partial charge in [0.05, 0.1) is 6.04 Å². The predicted octanol–water partition coefficient (Wildman–Crippen LogP) is 3.68. The van der Waals surface area contributed by atoms with Crippen molar-refractivity contribution in [3.63, 3.8) is 0 Å². The Morgan fingerprint density at radius 3 is 2.73 bits per heavy atom. The van der Waals surface area contributed by atoms with E-state index >= 15 is 0 Å². The normalized spacial score (nSPS) is 19.3. The van der Waals surface area contributed by atoms with E-state index in [2.05, 4.69) is 19.1 Å². The molecule has 2 heterocycles. The summed E-state index contributed by atoms with van der Waals surface area (Å²) in [5, 5.41) is 0. The van der Waals surface area contributed by atoms with Gasteiger partial charge in [0.1, 0.15) is 6.10 Å². The van der Waals surface area contributed by atoms with Crippen molar-refractivity contribution in [3.05, 3.63) is 59.7 Å². The fourth-order valence-corrected chi connectivity index (χ4v) is 3.51. The predicted molar refractivity (Wildman–Crippen MR) is 96.9 cm³/mol. The van der Waals surface area contributed by atoms with Gasteiger partial charge in [0, 0.05) is 13.2 Å². The van der Waals surface area contributed by atoms with Gasteiger partial charge in [-0.25, -0.2) is 0 Å². The van der Waals surface area contributed by atoms with E-state index in [0.717, 1.165) is 35.5 Å². The topological polar surface area (TPSA) is 48.0 Å². The Bertz CT molecular complexity index is 771. The summed E-state index contributed by atoms with van der Waals surface area (Å²) in [4.78, 5) is 15.0. The van der Waals surface area contributed by atoms with Crippen molar-refractivity contribution in [1.29, 1.82) is 0 Å². The maximum Gasteiger partial charge on any atom is 0.252 e. The lowest BCUT2D eigenvalue weighted by Gasteiger charge is -2.31. The number of nitrogens with zero attached hydrogens (tertiary/aromatic N) is 1. The van der Waals surface area contributed by atoms with Crippen LogP contribution in [0.4, 0.5) is 0 Å². The summed E-state index contributed by atoms with van der Waals surface area (Å²) in [5.41, 5.74) is 2.13. The molecule has 1 saturated heterocycles. The molecule has 0 radical (unpaired) electrons. The minimum Gasteiger partial charge on any atom is -0.454 e. The molecule has 1 amide bonds. The molecule has 4 rings (SSSR count). The second kappa shape index (κ2) is 7.38. The number of benzene rings is 2. The molecule has 0 unspecified atom stereocenters. The highest BCUT2D eigenvalue weighted by Crippen LogP contribution is 2.34. The van der Waals surface area contributed by atoms with Gasteiger partial charge in [0.15, 0.2) is 11.5 Å². The second-order valence-electron chi connectivity index (χ2n) is 6.74. The first-order chi connectivity index (χ1) is 12.7. The highest BCUT2D eigenvalue weighted by molar-refractivity contribution is 5.81. The third kappa shape index (κ3) is 3.40. The van der Waals surface area contributed by atoms with Crippen molar-refractivity contribution in [1.82, 2.24) is 4.90 Å². The summed E-state index contributed by atoms with van der Waals surface area (Å²) >= 11 is 0. The molecule has 0 aromatic heterocycles. The van der Waals surface area contributed by atoms with Crippen LogP contribution in [0, 0.1) is 0 Å². The zero-order valence-corrected chi connectivity index (χ0v) is 14.9. The highest BCUT2D eigenvalue weighted by atomic mass is 16.7. The summed E-state index contributed by atoms with van der Waals surface area (Å²) < 4.78 is 16.5. The van der Waals surface area contributed by atoms with Gasteiger partial charge < -0.3 is 19.1 Å². The molecule has 0 spiro atoms. The van der Waals surface area contributed by atoms with Crippen LogP contribution in [-0.4, -0.2) is 30.3 Å². The molecule has 0 bridgehead atoms. The zero-order valence-electron chi connectivity index (χ0n) is 14.9. The number of carbonyl (C=O) groups excluding carboxylic acids is 1. The van der Waals surface area contributed by atoms with Crippen molar-refractivity contribution in [2.45, 2.75) is 38.5 Å². The maximum absolute atomic E-state index is 13.1. The van der Waals surface area contributed by atoms with E-state index in [1.54, 1.807) is 0 Å². The fourth-order valence-electron chi connectivity index (χ4n) is 3.51. The van der Waals surface area contributed by atoms with Crippen LogP contribution in [-0.2, 0) is 16.1 Å². The Labute approximate surface area is 153 Å². The summed E-state index contributed by atoms with van der Waals surface area (Å²) in [5.74, 6) is 1.54. The third-order valence-corrected chi connectivity index (χ3v) is 5.03. The SMILES string of the molecule is C[C@@H](c1ccccc1)N(Cc1ccc2c(c1)OCO2)C(=O)[C@@H]1CCCO1. The van der Waals surface area contributed by atoms with Crippen LogP contribution < -0.4 is 9.47 Å². The fraction of sp³-hybridized carbons (Fsp3) is 0.381. The Morgan fingerprint density at radius 1 is 1.15 bits per heavy atom. The number of carbonyl (C=O) groups is 1. The van der Waals surface area contributed by atoms with Crippen LogP contribution in [0.1, 0.15) is 36.9 Å². The van der Waals surface area contributed by atoms with E-state index in [1.165, 1.54) is 0 Å². The number of ether oxygens (including phenoxy) is 3. The van der Waals surface area contributed by atoms with Crippen LogP contribution >= 0.6 is 0 Å². The molecule has 0 N–H and O–H groups in total. The molecule has 5 nitrogen and oxygen atoms in total. The quantitative estimate of drug-likeness (QED) is 0.823. The van der Waals surface area contributed by atoms with Gasteiger partial charge in [0.25, 0.3) is 5.91 Å². The maximum atomic E-state index is 13.1. The number of hydrogen-bond acceptors (Lipinski definition) is 4. The van der Waals surface area contributed by atoms with E-state index in [-0.39, 0.29) is 24.8 Å². The van der Waals surface area contributed by atoms with Gasteiger partial charge in [-0.1, -0.05) is 36.4 Å². The van der Waals surface area contributed by atoms with E-state index in [1.807, 2.05) is 41.3 Å². The standard InChI is InChI=1S/C21H23NO4/c1-15(17-6-3-2-4-7-17)22(21(23)19-8-5-11-24-19)13-16-9-10-18-20(12-16)26-14-25-18/h2-4,6-7,9-10,12,15,19H,5,8,11,13-14H2,1H3/t15-,19-/m0/s1. The lowest BCUT2D eigenvalue weighted by atomic mass is 10.0. The lowest BCUT2D eigenvalue weighted by molar-refractivity contribution is -0.144. The number of hydrogen-bond donors (Lipinski definition) is 0. The van der Waals surface area contributed by atoms with Crippen molar-refractivity contribution >= 4 is 5.91 Å². The van der Waals surface area contributed by atoms with Crippen LogP contribution in [0.15, 0.2) is 48.5 Å². The van der Waals surface area contributed by atoms with E-state index in [0.29, 0.717) is 13.2 Å². The van der Waals surface area contributed by atoms with Gasteiger partial charge in [-0.2, -0.15) is 0 Å². The van der Waals surface area contributed by atoms with Crippen LogP contribution in [0.25, 0.3) is 0 Å². The van der Waals surface area contributed by atoms with Crippen molar-refractivity contribution in [2.75, 3.05) is 13.4 Å². The summed E-state index contributed by atoms with van der Waals surface area (Å²) in [6.07, 6.45) is 1.39. The van der Waals surface area contributed by atoms with Crippen molar-refractivity contribution in [2.24, 2.45) is 0 Å². The first-order valence-electron chi connectivity index (χ1n) is 9.08. The van der Waals surface area contributed by atoms with Gasteiger partial charge >= 0.3 is 0 Å². The minimum atomic E-state index is -0.338. The molecular weight excluding hydrogens is 330 g/mol. The van der Waals surface area contributed by atoms with Crippen LogP contribution in [0.3, 0.4) is 0 Å². The van der Waals surface area contributed by atoms with E-state index in [4.69, 9.17) is 14.2 Å². The molecule has 2 aliphatic rings. The smallest absolute Gasteiger partial charge is 0.252 e. The number of rotatable bonds is 5. The van der Waals surface area contributed by atoms with Crippen LogP contribution in [0.2, 0.25) is 0 Å². The van der Waals surface area contributed by atoms with Gasteiger partial charge in [-0.05, 0) is 43.0 Å². The number of fused-ring (bicyclic) bond motifs is 1. The second-order valence-corrected chi connectivity index (χ2v) is 6.74. The van der Waals surface area contributed by atoms with Gasteiger partial charge in [-0.3, -0.25) is 4.79 Å². The van der Waals surface area contributed by atoms with Gasteiger partial charge in [0.2, 0.25) is 6.79 Å². The molecular formula is C21H23NO4. The molecule has 2 atom stereocenters. The van der Waals surface area contributed by atoms with Crippen molar-refractivity contribution < 1.29 is 19.0 Å². The number of amides is 1. The van der Waals surface area contributed by atoms with Crippen LogP contribution in [0.5, 0.6) is 11.5 Å². The first-order valence-corrected chi connectivity index (χ1v) is 9.08. The average Bonchev–Trinajstić information content (AvgIpc) is 3.37. The zero-order chi connectivity index (χ0) is 17.9.